The van der Waals surface area contributed by atoms with Crippen LogP contribution in [-0.2, 0) is 19.4 Å². The standard InChI is InChI=1S/C19H23ClN4O4S/c1-12-7-18(24(22-12)14-5-6-21-17(20)8-14)23-10-15(9-16(23)19(25)28-2)29(26,27)11-13-3-4-13/h5-8,13,15-16H,3-4,9-11H2,1-2H3/t15-,16+/m1/s1. The Balaban J connectivity index is 1.71. The summed E-state index contributed by atoms with van der Waals surface area (Å²) in [5.74, 6) is 0.631. The van der Waals surface area contributed by atoms with Crippen molar-refractivity contribution >= 4 is 33.2 Å². The maximum atomic E-state index is 12.9. The molecule has 156 valence electrons. The first-order valence-electron chi connectivity index (χ1n) is 9.53. The largest absolute Gasteiger partial charge is 0.467 e. The van der Waals surface area contributed by atoms with Crippen molar-refractivity contribution in [3.8, 4) is 5.69 Å². The fourth-order valence-electron chi connectivity index (χ4n) is 3.82. The third-order valence-corrected chi connectivity index (χ3v) is 7.97. The maximum Gasteiger partial charge on any atom is 0.328 e. The van der Waals surface area contributed by atoms with E-state index in [4.69, 9.17) is 16.3 Å². The van der Waals surface area contributed by atoms with Gasteiger partial charge in [-0.3, -0.25) is 0 Å². The van der Waals surface area contributed by atoms with Gasteiger partial charge < -0.3 is 9.64 Å². The van der Waals surface area contributed by atoms with Crippen LogP contribution in [0, 0.1) is 12.8 Å². The third kappa shape index (κ3) is 4.11. The lowest BCUT2D eigenvalue weighted by Gasteiger charge is -2.25. The predicted octanol–water partition coefficient (Wildman–Crippen LogP) is 2.17. The average molecular weight is 439 g/mol. The predicted molar refractivity (Wildman–Crippen MR) is 109 cm³/mol. The summed E-state index contributed by atoms with van der Waals surface area (Å²) in [6.07, 6.45) is 3.71. The maximum absolute atomic E-state index is 12.9. The summed E-state index contributed by atoms with van der Waals surface area (Å²) in [5, 5.41) is 4.22. The van der Waals surface area contributed by atoms with Crippen LogP contribution in [0.25, 0.3) is 5.69 Å². The summed E-state index contributed by atoms with van der Waals surface area (Å²) in [6.45, 7) is 2.06. The van der Waals surface area contributed by atoms with Crippen molar-refractivity contribution in [2.24, 2.45) is 5.92 Å². The summed E-state index contributed by atoms with van der Waals surface area (Å²) in [5.41, 5.74) is 1.42. The van der Waals surface area contributed by atoms with Crippen LogP contribution < -0.4 is 4.90 Å². The van der Waals surface area contributed by atoms with Crippen LogP contribution in [0.2, 0.25) is 5.15 Å². The molecule has 10 heteroatoms. The van der Waals surface area contributed by atoms with Crippen molar-refractivity contribution in [2.75, 3.05) is 24.3 Å². The zero-order chi connectivity index (χ0) is 20.8. The lowest BCUT2D eigenvalue weighted by molar-refractivity contribution is -0.141. The minimum absolute atomic E-state index is 0.192. The third-order valence-electron chi connectivity index (χ3n) is 5.47. The van der Waals surface area contributed by atoms with Gasteiger partial charge in [0.1, 0.15) is 17.0 Å². The number of nitrogens with zero attached hydrogens (tertiary/aromatic N) is 4. The van der Waals surface area contributed by atoms with Gasteiger partial charge >= 0.3 is 5.97 Å². The minimum Gasteiger partial charge on any atom is -0.467 e. The molecule has 0 bridgehead atoms. The van der Waals surface area contributed by atoms with E-state index in [-0.39, 0.29) is 24.6 Å². The Bertz CT molecular complexity index is 1030. The quantitative estimate of drug-likeness (QED) is 0.503. The minimum atomic E-state index is -3.30. The van der Waals surface area contributed by atoms with Gasteiger partial charge in [-0.25, -0.2) is 22.9 Å². The number of ether oxygens (including phenoxy) is 1. The molecule has 8 nitrogen and oxygen atoms in total. The van der Waals surface area contributed by atoms with E-state index in [9.17, 15) is 13.2 Å². The molecule has 0 amide bonds. The topological polar surface area (TPSA) is 94.4 Å². The molecule has 2 aliphatic rings. The number of pyridine rings is 1. The van der Waals surface area contributed by atoms with Gasteiger partial charge in [-0.2, -0.15) is 5.10 Å². The summed E-state index contributed by atoms with van der Waals surface area (Å²) in [7, 11) is -1.98. The molecule has 4 rings (SSSR count). The fraction of sp³-hybridized carbons (Fsp3) is 0.526. The zero-order valence-corrected chi connectivity index (χ0v) is 17.9. The lowest BCUT2D eigenvalue weighted by atomic mass is 10.2. The molecule has 1 saturated heterocycles. The van der Waals surface area contributed by atoms with Crippen LogP contribution in [0.1, 0.15) is 25.0 Å². The number of anilines is 1. The number of aryl methyl sites for hydroxylation is 1. The number of methoxy groups -OCH3 is 1. The molecule has 3 heterocycles. The van der Waals surface area contributed by atoms with Gasteiger partial charge in [-0.1, -0.05) is 11.6 Å². The number of halogens is 1. The summed E-state index contributed by atoms with van der Waals surface area (Å²) in [6, 6.07) is 4.57. The number of rotatable bonds is 6. The Kier molecular flexibility index (Phi) is 5.29. The van der Waals surface area contributed by atoms with E-state index in [1.165, 1.54) is 7.11 Å². The monoisotopic (exact) mass is 438 g/mol. The molecule has 1 aliphatic carbocycles. The van der Waals surface area contributed by atoms with E-state index in [1.807, 2.05) is 13.0 Å². The highest BCUT2D eigenvalue weighted by Gasteiger charge is 2.45. The van der Waals surface area contributed by atoms with Crippen molar-refractivity contribution in [1.29, 1.82) is 0 Å². The molecule has 0 aromatic carbocycles. The van der Waals surface area contributed by atoms with Crippen molar-refractivity contribution < 1.29 is 17.9 Å². The molecule has 1 aliphatic heterocycles. The van der Waals surface area contributed by atoms with Crippen molar-refractivity contribution in [1.82, 2.24) is 14.8 Å². The van der Waals surface area contributed by atoms with Crippen LogP contribution in [-0.4, -0.2) is 59.9 Å². The summed E-state index contributed by atoms with van der Waals surface area (Å²) < 4.78 is 32.4. The number of sulfone groups is 1. The molecule has 29 heavy (non-hydrogen) atoms. The highest BCUT2D eigenvalue weighted by molar-refractivity contribution is 7.92. The molecule has 0 radical (unpaired) electrons. The smallest absolute Gasteiger partial charge is 0.328 e. The van der Waals surface area contributed by atoms with Crippen LogP contribution >= 0.6 is 11.6 Å². The average Bonchev–Trinajstić information content (AvgIpc) is 3.21. The van der Waals surface area contributed by atoms with E-state index in [0.29, 0.717) is 16.7 Å². The molecule has 0 spiro atoms. The lowest BCUT2D eigenvalue weighted by Crippen LogP contribution is -2.38. The van der Waals surface area contributed by atoms with Gasteiger partial charge in [0.25, 0.3) is 0 Å². The highest BCUT2D eigenvalue weighted by Crippen LogP contribution is 2.36. The number of esters is 1. The Morgan fingerprint density at radius 2 is 2.10 bits per heavy atom. The number of aromatic nitrogens is 3. The first-order chi connectivity index (χ1) is 13.8. The van der Waals surface area contributed by atoms with Gasteiger partial charge in [-0.15, -0.1) is 0 Å². The van der Waals surface area contributed by atoms with Crippen LogP contribution in [0.15, 0.2) is 24.4 Å². The Labute approximate surface area is 174 Å². The van der Waals surface area contributed by atoms with Crippen LogP contribution in [0.4, 0.5) is 5.82 Å². The first kappa shape index (κ1) is 20.2. The molecule has 2 aromatic rings. The van der Waals surface area contributed by atoms with Crippen molar-refractivity contribution in [3.05, 3.63) is 35.2 Å². The molecule has 0 N–H and O–H groups in total. The summed E-state index contributed by atoms with van der Waals surface area (Å²) >= 11 is 6.03. The number of carbonyl (C=O) groups is 1. The van der Waals surface area contributed by atoms with Gasteiger partial charge in [0, 0.05) is 24.9 Å². The van der Waals surface area contributed by atoms with Crippen molar-refractivity contribution in [2.45, 2.75) is 37.5 Å². The normalized spacial score (nSPS) is 22.1. The second-order valence-electron chi connectivity index (χ2n) is 7.71. The molecule has 2 aromatic heterocycles. The SMILES string of the molecule is COC(=O)[C@@H]1C[C@@H](S(=O)(=O)CC2CC2)CN1c1cc(C)nn1-c1ccnc(Cl)c1. The van der Waals surface area contributed by atoms with Gasteiger partial charge in [0.2, 0.25) is 0 Å². The van der Waals surface area contributed by atoms with Crippen molar-refractivity contribution in [3.63, 3.8) is 0 Å². The van der Waals surface area contributed by atoms with Gasteiger partial charge in [0.05, 0.1) is 29.5 Å². The Morgan fingerprint density at radius 1 is 1.34 bits per heavy atom. The highest BCUT2D eigenvalue weighted by atomic mass is 35.5. The molecular weight excluding hydrogens is 416 g/mol. The van der Waals surface area contributed by atoms with E-state index in [0.717, 1.165) is 18.5 Å². The van der Waals surface area contributed by atoms with E-state index in [1.54, 1.807) is 27.9 Å². The summed E-state index contributed by atoms with van der Waals surface area (Å²) in [4.78, 5) is 18.3. The zero-order valence-electron chi connectivity index (χ0n) is 16.3. The van der Waals surface area contributed by atoms with E-state index in [2.05, 4.69) is 10.1 Å². The van der Waals surface area contributed by atoms with Crippen LogP contribution in [0.5, 0.6) is 0 Å². The van der Waals surface area contributed by atoms with Crippen LogP contribution in [0.3, 0.4) is 0 Å². The van der Waals surface area contributed by atoms with Gasteiger partial charge in [-0.05, 0) is 38.2 Å². The van der Waals surface area contributed by atoms with E-state index < -0.39 is 27.1 Å². The number of carbonyl (C=O) groups excluding carboxylic acids is 1. The molecular formula is C19H23ClN4O4S. The Morgan fingerprint density at radius 3 is 2.76 bits per heavy atom. The van der Waals surface area contributed by atoms with Gasteiger partial charge in [0.15, 0.2) is 9.84 Å². The van der Waals surface area contributed by atoms with E-state index >= 15 is 0 Å². The first-order valence-corrected chi connectivity index (χ1v) is 11.6. The Hall–Kier alpha value is -2.13. The second kappa shape index (κ2) is 7.60. The molecule has 2 atom stereocenters. The molecule has 0 unspecified atom stereocenters. The molecule has 2 fully saturated rings. The molecule has 1 saturated carbocycles. The number of hydrogen-bond donors (Lipinski definition) is 0. The second-order valence-corrected chi connectivity index (χ2v) is 10.4. The number of hydrogen-bond acceptors (Lipinski definition) is 7. The fourth-order valence-corrected chi connectivity index (χ4v) is 6.12.